The van der Waals surface area contributed by atoms with Crippen molar-refractivity contribution < 1.29 is 33.9 Å². The van der Waals surface area contributed by atoms with Gasteiger partial charge in [-0.2, -0.15) is 0 Å². The van der Waals surface area contributed by atoms with Crippen molar-refractivity contribution in [3.8, 4) is 0 Å². The number of unbranched alkanes of at least 4 members (excludes halogenated alkanes) is 17. The molecule has 0 aromatic carbocycles. The molecule has 0 aromatic rings. The van der Waals surface area contributed by atoms with Gasteiger partial charge in [0.05, 0.1) is 12.1 Å². The second-order valence-corrected chi connectivity index (χ2v) is 14.7. The van der Waals surface area contributed by atoms with Crippen molar-refractivity contribution in [2.24, 2.45) is 5.73 Å². The average Bonchev–Trinajstić information content (AvgIpc) is 3.15. The molecule has 312 valence electrons. The third kappa shape index (κ3) is 36.0. The van der Waals surface area contributed by atoms with Crippen molar-refractivity contribution >= 4 is 43.9 Å². The van der Waals surface area contributed by atoms with Gasteiger partial charge in [0.1, 0.15) is 6.29 Å². The first-order chi connectivity index (χ1) is 26.2. The van der Waals surface area contributed by atoms with Crippen molar-refractivity contribution in [2.75, 3.05) is 26.2 Å². The third-order valence-corrected chi connectivity index (χ3v) is 9.73. The maximum absolute atomic E-state index is 12.3. The largest absolute Gasteiger partial charge is 0.481 e. The number of nitrogens with two attached hydrogens (primary N) is 1. The van der Waals surface area contributed by atoms with Crippen molar-refractivity contribution in [1.29, 1.82) is 0 Å². The number of carboxylic acid groups (broad SMARTS) is 1. The molecule has 0 heterocycles. The Labute approximate surface area is 327 Å². The van der Waals surface area contributed by atoms with Crippen LogP contribution in [0.25, 0.3) is 0 Å². The summed E-state index contributed by atoms with van der Waals surface area (Å²) in [5.74, 6) is -0.829. The van der Waals surface area contributed by atoms with Crippen LogP contribution in [0.4, 0.5) is 0 Å². The van der Waals surface area contributed by atoms with E-state index >= 15 is 0 Å². The quantitative estimate of drug-likeness (QED) is 0.0266. The highest BCUT2D eigenvalue weighted by atomic mass is 16.4. The van der Waals surface area contributed by atoms with Crippen LogP contribution < -0.4 is 32.2 Å². The Hall–Kier alpha value is -3.00. The van der Waals surface area contributed by atoms with Crippen LogP contribution in [0, 0.1) is 0 Å². The summed E-state index contributed by atoms with van der Waals surface area (Å²) in [4.78, 5) is 69.7. The molecule has 0 saturated heterocycles. The number of nitrogens with one attached hydrogen (secondary N) is 5. The van der Waals surface area contributed by atoms with Gasteiger partial charge in [-0.1, -0.05) is 83.5 Å². The fraction of sp³-hybridized carbons (Fsp3) is 0.850. The Kier molecular flexibility index (Phi) is 36.2. The standard InChI is InChI=1S/C40H77BN6O7/c41-47-34(33-48)23-17-20-29-43-36(49)26-15-13-19-31-46-40(54)35(42)24-18-21-30-44-38(51)27-22-32-45-37(50)25-14-11-9-7-5-3-1-2-4-6-8-10-12-16-28-39(52)53/h33-35,47H,1-32,41-42H2,(H,43,49)(H,44,51)(H,45,50)(H,46,54)(H,52,53)/t34-,35-/m0/s1. The first-order valence-electron chi connectivity index (χ1n) is 21.4. The number of amides is 4. The molecule has 13 nitrogen and oxygen atoms in total. The maximum atomic E-state index is 12.3. The normalized spacial score (nSPS) is 12.1. The number of carbonyl (C=O) groups excluding carboxylic acids is 5. The number of aliphatic carboxylic acids is 1. The minimum atomic E-state index is -0.693. The molecule has 0 aliphatic rings. The van der Waals surface area contributed by atoms with Gasteiger partial charge < -0.3 is 42.1 Å². The van der Waals surface area contributed by atoms with E-state index in [2.05, 4.69) is 26.5 Å². The second kappa shape index (κ2) is 38.3. The molecule has 0 radical (unpaired) electrons. The van der Waals surface area contributed by atoms with E-state index in [1.54, 1.807) is 7.98 Å². The highest BCUT2D eigenvalue weighted by Crippen LogP contribution is 2.14. The van der Waals surface area contributed by atoms with Gasteiger partial charge in [0, 0.05) is 51.9 Å². The molecule has 0 aromatic heterocycles. The lowest BCUT2D eigenvalue weighted by Crippen LogP contribution is -2.41. The lowest BCUT2D eigenvalue weighted by molar-refractivity contribution is -0.137. The van der Waals surface area contributed by atoms with E-state index in [1.807, 2.05) is 0 Å². The van der Waals surface area contributed by atoms with Crippen molar-refractivity contribution in [2.45, 2.75) is 192 Å². The van der Waals surface area contributed by atoms with E-state index in [0.717, 1.165) is 89.8 Å². The van der Waals surface area contributed by atoms with Crippen LogP contribution in [0.2, 0.25) is 0 Å². The molecule has 0 saturated carbocycles. The van der Waals surface area contributed by atoms with Crippen molar-refractivity contribution in [3.05, 3.63) is 0 Å². The van der Waals surface area contributed by atoms with Gasteiger partial charge in [0.15, 0.2) is 7.98 Å². The first kappa shape index (κ1) is 51.0. The molecular weight excluding hydrogens is 687 g/mol. The summed E-state index contributed by atoms with van der Waals surface area (Å²) in [6.45, 7) is 2.17. The highest BCUT2D eigenvalue weighted by Gasteiger charge is 2.12. The number of carbonyl (C=O) groups is 6. The zero-order chi connectivity index (χ0) is 39.9. The Morgan fingerprint density at radius 3 is 1.28 bits per heavy atom. The summed E-state index contributed by atoms with van der Waals surface area (Å²) in [6, 6.07) is -0.709. The number of carboxylic acids is 1. The second-order valence-electron chi connectivity index (χ2n) is 14.7. The molecule has 0 unspecified atom stereocenters. The summed E-state index contributed by atoms with van der Waals surface area (Å²) in [7, 11) is 1.76. The maximum Gasteiger partial charge on any atom is 0.303 e. The Morgan fingerprint density at radius 2 is 0.833 bits per heavy atom. The molecule has 0 bridgehead atoms. The van der Waals surface area contributed by atoms with Crippen molar-refractivity contribution in [1.82, 2.24) is 26.5 Å². The molecule has 0 fully saturated rings. The van der Waals surface area contributed by atoms with Gasteiger partial charge >= 0.3 is 5.97 Å². The summed E-state index contributed by atoms with van der Waals surface area (Å²) in [5, 5.41) is 23.2. The summed E-state index contributed by atoms with van der Waals surface area (Å²) in [5.41, 5.74) is 6.03. The van der Waals surface area contributed by atoms with Gasteiger partial charge in [-0.05, 0) is 70.6 Å². The van der Waals surface area contributed by atoms with Gasteiger partial charge in [-0.15, -0.1) is 0 Å². The van der Waals surface area contributed by atoms with Gasteiger partial charge in [0.2, 0.25) is 23.6 Å². The average molecular weight is 765 g/mol. The lowest BCUT2D eigenvalue weighted by Gasteiger charge is -2.12. The molecule has 8 N–H and O–H groups in total. The van der Waals surface area contributed by atoms with Crippen LogP contribution >= 0.6 is 0 Å². The first-order valence-corrected chi connectivity index (χ1v) is 21.4. The Balaban J connectivity index is 3.51. The van der Waals surface area contributed by atoms with E-state index in [1.165, 1.54) is 57.8 Å². The van der Waals surface area contributed by atoms with E-state index in [-0.39, 0.29) is 29.7 Å². The van der Waals surface area contributed by atoms with E-state index < -0.39 is 12.0 Å². The Morgan fingerprint density at radius 1 is 0.481 bits per heavy atom. The van der Waals surface area contributed by atoms with Crippen LogP contribution in [-0.4, -0.2) is 87.2 Å². The number of hydrogen-bond donors (Lipinski definition) is 7. The zero-order valence-corrected chi connectivity index (χ0v) is 33.8. The lowest BCUT2D eigenvalue weighted by atomic mass is 10.0. The molecule has 14 heteroatoms. The van der Waals surface area contributed by atoms with E-state index in [4.69, 9.17) is 10.8 Å². The van der Waals surface area contributed by atoms with Crippen LogP contribution in [0.5, 0.6) is 0 Å². The third-order valence-electron chi connectivity index (χ3n) is 9.73. The highest BCUT2D eigenvalue weighted by molar-refractivity contribution is 6.05. The molecule has 0 aliphatic carbocycles. The Bertz CT molecular complexity index is 990. The minimum absolute atomic E-state index is 0.0280. The minimum Gasteiger partial charge on any atom is -0.481 e. The molecule has 4 amide bonds. The molecule has 0 rings (SSSR count). The van der Waals surface area contributed by atoms with E-state index in [9.17, 15) is 28.8 Å². The topological polar surface area (TPSA) is 209 Å². The molecule has 0 spiro atoms. The number of hydrogen-bond acceptors (Lipinski definition) is 8. The molecule has 0 aliphatic heterocycles. The predicted octanol–water partition coefficient (Wildman–Crippen LogP) is 4.49. The summed E-state index contributed by atoms with van der Waals surface area (Å²) < 4.78 is 0. The number of rotatable bonds is 40. The number of aldehydes is 1. The van der Waals surface area contributed by atoms with Crippen LogP contribution in [0.3, 0.4) is 0 Å². The van der Waals surface area contributed by atoms with Gasteiger partial charge in [-0.3, -0.25) is 24.0 Å². The van der Waals surface area contributed by atoms with Crippen LogP contribution in [0.15, 0.2) is 0 Å². The molecule has 54 heavy (non-hydrogen) atoms. The van der Waals surface area contributed by atoms with Crippen LogP contribution in [-0.2, 0) is 28.8 Å². The van der Waals surface area contributed by atoms with Gasteiger partial charge in [-0.25, -0.2) is 0 Å². The fourth-order valence-corrected chi connectivity index (χ4v) is 6.20. The smallest absolute Gasteiger partial charge is 0.303 e. The van der Waals surface area contributed by atoms with Crippen LogP contribution in [0.1, 0.15) is 180 Å². The summed E-state index contributed by atoms with van der Waals surface area (Å²) >= 11 is 0. The van der Waals surface area contributed by atoms with Gasteiger partial charge in [0.25, 0.3) is 0 Å². The van der Waals surface area contributed by atoms with Crippen molar-refractivity contribution in [3.63, 3.8) is 0 Å². The predicted molar refractivity (Wildman–Crippen MR) is 218 cm³/mol. The monoisotopic (exact) mass is 765 g/mol. The van der Waals surface area contributed by atoms with E-state index in [0.29, 0.717) is 64.7 Å². The summed E-state index contributed by atoms with van der Waals surface area (Å²) in [6.07, 6.45) is 26.2. The SMILES string of the molecule is BN[C@H](C=O)CCCCNC(=O)CCCCCNC(=O)[C@@H](N)CCCCNC(=O)CCCNC(=O)CCCCCCCCCCCCCCCCC(=O)O. The fourth-order valence-electron chi connectivity index (χ4n) is 6.20. The molecular formula is C40H77BN6O7. The molecule has 2 atom stereocenters. The zero-order valence-electron chi connectivity index (χ0n) is 33.8.